The summed E-state index contributed by atoms with van der Waals surface area (Å²) < 4.78 is 4.56. The van der Waals surface area contributed by atoms with Crippen molar-refractivity contribution in [2.75, 3.05) is 19.0 Å². The number of anilines is 1. The monoisotopic (exact) mass is 247 g/mol. The molecule has 0 radical (unpaired) electrons. The molecule has 1 aromatic rings. The van der Waals surface area contributed by atoms with Crippen LogP contribution in [-0.2, 0) is 9.53 Å². The summed E-state index contributed by atoms with van der Waals surface area (Å²) in [6.07, 6.45) is 6.42. The van der Waals surface area contributed by atoms with Gasteiger partial charge in [0.2, 0.25) is 0 Å². The van der Waals surface area contributed by atoms with Gasteiger partial charge in [0.1, 0.15) is 6.07 Å². The van der Waals surface area contributed by atoms with Crippen molar-refractivity contribution in [3.8, 4) is 6.07 Å². The first-order valence-electron chi connectivity index (χ1n) is 5.92. The van der Waals surface area contributed by atoms with Crippen molar-refractivity contribution >= 4 is 11.7 Å². The maximum Gasteiger partial charge on any atom is 0.305 e. The first-order chi connectivity index (χ1) is 8.77. The zero-order valence-electron chi connectivity index (χ0n) is 10.5. The van der Waals surface area contributed by atoms with E-state index in [2.05, 4.69) is 21.1 Å². The van der Waals surface area contributed by atoms with Gasteiger partial charge >= 0.3 is 5.97 Å². The Bertz CT molecular complexity index is 426. The van der Waals surface area contributed by atoms with Crippen molar-refractivity contribution in [3.05, 3.63) is 24.0 Å². The molecule has 1 N–H and O–H groups in total. The lowest BCUT2D eigenvalue weighted by Gasteiger charge is -2.06. The third-order valence-electron chi connectivity index (χ3n) is 2.54. The maximum absolute atomic E-state index is 10.9. The number of aromatic nitrogens is 1. The Morgan fingerprint density at radius 1 is 1.50 bits per heavy atom. The molecule has 1 rings (SSSR count). The number of nitrogens with zero attached hydrogens (tertiary/aromatic N) is 2. The average molecular weight is 247 g/mol. The van der Waals surface area contributed by atoms with Crippen molar-refractivity contribution in [2.24, 2.45) is 0 Å². The molecule has 0 aliphatic rings. The first-order valence-corrected chi connectivity index (χ1v) is 5.92. The summed E-state index contributed by atoms with van der Waals surface area (Å²) in [5, 5.41) is 12.0. The van der Waals surface area contributed by atoms with Gasteiger partial charge in [-0.3, -0.25) is 9.78 Å². The minimum absolute atomic E-state index is 0.165. The van der Waals surface area contributed by atoms with E-state index in [4.69, 9.17) is 5.26 Å². The van der Waals surface area contributed by atoms with Crippen LogP contribution >= 0.6 is 0 Å². The van der Waals surface area contributed by atoms with E-state index >= 15 is 0 Å². The number of nitrogens with one attached hydrogen (secondary N) is 1. The second-order valence-corrected chi connectivity index (χ2v) is 3.85. The van der Waals surface area contributed by atoms with E-state index in [1.165, 1.54) is 7.11 Å². The fourth-order valence-electron chi connectivity index (χ4n) is 1.53. The highest BCUT2D eigenvalue weighted by Crippen LogP contribution is 2.12. The smallest absolute Gasteiger partial charge is 0.305 e. The van der Waals surface area contributed by atoms with Crippen LogP contribution in [0.15, 0.2) is 18.5 Å². The van der Waals surface area contributed by atoms with Crippen LogP contribution in [0, 0.1) is 11.3 Å². The Balaban J connectivity index is 2.18. The summed E-state index contributed by atoms with van der Waals surface area (Å²) in [5.41, 5.74) is 1.35. The number of carbonyl (C=O) groups excluding carboxylic acids is 1. The third kappa shape index (κ3) is 4.83. The van der Waals surface area contributed by atoms with Gasteiger partial charge in [-0.1, -0.05) is 6.42 Å². The van der Waals surface area contributed by atoms with Crippen LogP contribution in [0.2, 0.25) is 0 Å². The molecular formula is C13H17N3O2. The Kier molecular flexibility index (Phi) is 6.26. The molecule has 0 bridgehead atoms. The summed E-state index contributed by atoms with van der Waals surface area (Å²) >= 11 is 0. The number of hydrogen-bond acceptors (Lipinski definition) is 5. The number of esters is 1. The van der Waals surface area contributed by atoms with E-state index in [9.17, 15) is 4.79 Å². The Labute approximate surface area is 107 Å². The number of ether oxygens (including phenoxy) is 1. The van der Waals surface area contributed by atoms with Crippen LogP contribution in [0.25, 0.3) is 0 Å². The predicted molar refractivity (Wildman–Crippen MR) is 67.9 cm³/mol. The zero-order valence-corrected chi connectivity index (χ0v) is 10.5. The van der Waals surface area contributed by atoms with Crippen molar-refractivity contribution in [2.45, 2.75) is 25.7 Å². The van der Waals surface area contributed by atoms with Gasteiger partial charge in [0, 0.05) is 19.2 Å². The van der Waals surface area contributed by atoms with Crippen molar-refractivity contribution in [1.29, 1.82) is 5.26 Å². The highest BCUT2D eigenvalue weighted by molar-refractivity contribution is 5.68. The highest BCUT2D eigenvalue weighted by atomic mass is 16.5. The van der Waals surface area contributed by atoms with E-state index < -0.39 is 0 Å². The number of methoxy groups -OCH3 is 1. The molecule has 0 spiro atoms. The Morgan fingerprint density at radius 2 is 2.33 bits per heavy atom. The topological polar surface area (TPSA) is 75.0 Å². The number of hydrogen-bond donors (Lipinski definition) is 1. The van der Waals surface area contributed by atoms with E-state index in [-0.39, 0.29) is 5.97 Å². The van der Waals surface area contributed by atoms with Gasteiger partial charge in [-0.2, -0.15) is 5.26 Å². The van der Waals surface area contributed by atoms with Crippen LogP contribution < -0.4 is 5.32 Å². The zero-order chi connectivity index (χ0) is 13.2. The first kappa shape index (κ1) is 14.0. The van der Waals surface area contributed by atoms with Crippen molar-refractivity contribution in [1.82, 2.24) is 4.98 Å². The Hall–Kier alpha value is -2.09. The SMILES string of the molecule is COC(=O)CCCCCNc1cnccc1C#N. The van der Waals surface area contributed by atoms with E-state index in [0.717, 1.165) is 31.5 Å². The quantitative estimate of drug-likeness (QED) is 0.590. The molecule has 0 saturated carbocycles. The number of nitriles is 1. The number of carbonyl (C=O) groups is 1. The van der Waals surface area contributed by atoms with Crippen LogP contribution in [0.3, 0.4) is 0 Å². The molecule has 1 heterocycles. The summed E-state index contributed by atoms with van der Waals surface area (Å²) in [6, 6.07) is 3.79. The van der Waals surface area contributed by atoms with Crippen LogP contribution in [0.5, 0.6) is 0 Å². The van der Waals surface area contributed by atoms with E-state index in [1.807, 2.05) is 0 Å². The second-order valence-electron chi connectivity index (χ2n) is 3.85. The maximum atomic E-state index is 10.9. The largest absolute Gasteiger partial charge is 0.469 e. The molecule has 0 aliphatic carbocycles. The highest BCUT2D eigenvalue weighted by Gasteiger charge is 2.01. The van der Waals surface area contributed by atoms with Gasteiger partial charge in [-0.25, -0.2) is 0 Å². The lowest BCUT2D eigenvalue weighted by atomic mass is 10.2. The lowest BCUT2D eigenvalue weighted by molar-refractivity contribution is -0.140. The van der Waals surface area contributed by atoms with Gasteiger partial charge in [0.25, 0.3) is 0 Å². The molecule has 0 fully saturated rings. The minimum Gasteiger partial charge on any atom is -0.469 e. The van der Waals surface area contributed by atoms with Crippen LogP contribution in [-0.4, -0.2) is 24.6 Å². The summed E-state index contributed by atoms with van der Waals surface area (Å²) in [7, 11) is 1.40. The van der Waals surface area contributed by atoms with Crippen LogP contribution in [0.1, 0.15) is 31.2 Å². The molecule has 96 valence electrons. The normalized spacial score (nSPS) is 9.56. The van der Waals surface area contributed by atoms with Gasteiger partial charge in [-0.05, 0) is 18.9 Å². The molecule has 0 unspecified atom stereocenters. The van der Waals surface area contributed by atoms with Gasteiger partial charge in [0.15, 0.2) is 0 Å². The lowest BCUT2D eigenvalue weighted by Crippen LogP contribution is -2.04. The summed E-state index contributed by atoms with van der Waals surface area (Å²) in [5.74, 6) is -0.165. The average Bonchev–Trinajstić information content (AvgIpc) is 2.42. The predicted octanol–water partition coefficient (Wildman–Crippen LogP) is 2.10. The molecule has 5 heteroatoms. The molecular weight excluding hydrogens is 230 g/mol. The number of rotatable bonds is 7. The number of pyridine rings is 1. The minimum atomic E-state index is -0.165. The molecule has 5 nitrogen and oxygen atoms in total. The fourth-order valence-corrected chi connectivity index (χ4v) is 1.53. The Morgan fingerprint density at radius 3 is 3.06 bits per heavy atom. The van der Waals surface area contributed by atoms with Gasteiger partial charge in [0.05, 0.1) is 24.6 Å². The molecule has 0 aromatic carbocycles. The molecule has 0 saturated heterocycles. The second kappa shape index (κ2) is 8.07. The molecule has 0 atom stereocenters. The van der Waals surface area contributed by atoms with Crippen LogP contribution in [0.4, 0.5) is 5.69 Å². The molecule has 1 aromatic heterocycles. The summed E-state index contributed by atoms with van der Waals surface area (Å²) in [4.78, 5) is 14.8. The fraction of sp³-hybridized carbons (Fsp3) is 0.462. The number of unbranched alkanes of at least 4 members (excludes halogenated alkanes) is 2. The van der Waals surface area contributed by atoms with Gasteiger partial charge in [-0.15, -0.1) is 0 Å². The van der Waals surface area contributed by atoms with E-state index in [1.54, 1.807) is 18.5 Å². The van der Waals surface area contributed by atoms with Gasteiger partial charge < -0.3 is 10.1 Å². The van der Waals surface area contributed by atoms with E-state index in [0.29, 0.717) is 12.0 Å². The molecule has 18 heavy (non-hydrogen) atoms. The standard InChI is InChI=1S/C13H17N3O2/c1-18-13(17)5-3-2-4-7-16-12-10-15-8-6-11(12)9-14/h6,8,10,16H,2-5,7H2,1H3. The third-order valence-corrected chi connectivity index (χ3v) is 2.54. The van der Waals surface area contributed by atoms with Crippen molar-refractivity contribution < 1.29 is 9.53 Å². The molecule has 0 aliphatic heterocycles. The summed E-state index contributed by atoms with van der Waals surface area (Å²) in [6.45, 7) is 0.765. The molecule has 0 amide bonds. The van der Waals surface area contributed by atoms with Crippen molar-refractivity contribution in [3.63, 3.8) is 0 Å².